The van der Waals surface area contributed by atoms with Crippen molar-refractivity contribution in [3.63, 3.8) is 0 Å². The molecule has 1 saturated heterocycles. The van der Waals surface area contributed by atoms with Gasteiger partial charge in [0, 0.05) is 38.3 Å². The molecule has 7 nitrogen and oxygen atoms in total. The maximum atomic E-state index is 13.1. The predicted octanol–water partition coefficient (Wildman–Crippen LogP) is 3.45. The molecule has 2 aliphatic rings. The average molecular weight is 467 g/mol. The number of fused-ring (bicyclic) bond motifs is 1. The first-order chi connectivity index (χ1) is 16.1. The molecule has 170 valence electrons. The van der Waals surface area contributed by atoms with E-state index in [1.165, 1.54) is 29.5 Å². The topological polar surface area (TPSA) is 67.8 Å². The zero-order valence-corrected chi connectivity index (χ0v) is 18.8. The third kappa shape index (κ3) is 5.26. The molecule has 2 aliphatic heterocycles. The number of halogens is 1. The number of piperazine rings is 1. The van der Waals surface area contributed by atoms with Gasteiger partial charge >= 0.3 is 0 Å². The number of benzene rings is 2. The Balaban J connectivity index is 1.08. The average Bonchev–Trinajstić information content (AvgIpc) is 3.32. The number of hydrogen-bond donors (Lipinski definition) is 0. The Morgan fingerprint density at radius 1 is 0.939 bits per heavy atom. The van der Waals surface area contributed by atoms with E-state index in [2.05, 4.69) is 21.2 Å². The molecular formula is C24H23FN4O3S. The van der Waals surface area contributed by atoms with E-state index in [0.717, 1.165) is 36.7 Å². The fraction of sp³-hybridized carbons (Fsp3) is 0.292. The van der Waals surface area contributed by atoms with Crippen LogP contribution in [0, 0.1) is 5.82 Å². The van der Waals surface area contributed by atoms with Crippen molar-refractivity contribution in [3.8, 4) is 22.8 Å². The molecule has 2 aromatic carbocycles. The number of carbonyl (C=O) groups excluding carboxylic acids is 1. The van der Waals surface area contributed by atoms with Gasteiger partial charge in [0.2, 0.25) is 12.7 Å². The second kappa shape index (κ2) is 9.76. The molecule has 0 saturated carbocycles. The molecule has 0 atom stereocenters. The second-order valence-electron chi connectivity index (χ2n) is 7.90. The Kier molecular flexibility index (Phi) is 6.41. The van der Waals surface area contributed by atoms with E-state index in [-0.39, 0.29) is 18.5 Å². The minimum absolute atomic E-state index is 0.104. The van der Waals surface area contributed by atoms with Gasteiger partial charge in [-0.2, -0.15) is 0 Å². The van der Waals surface area contributed by atoms with Crippen LogP contribution in [0.15, 0.2) is 59.6 Å². The number of aromatic nitrogens is 2. The van der Waals surface area contributed by atoms with Gasteiger partial charge in [0.05, 0.1) is 11.4 Å². The highest BCUT2D eigenvalue weighted by atomic mass is 32.2. The molecule has 1 fully saturated rings. The van der Waals surface area contributed by atoms with Gasteiger partial charge in [0.25, 0.3) is 0 Å². The molecule has 3 heterocycles. The maximum Gasteiger partial charge on any atom is 0.233 e. The van der Waals surface area contributed by atoms with Crippen molar-refractivity contribution in [3.05, 3.63) is 66.0 Å². The normalized spacial score (nSPS) is 15.6. The van der Waals surface area contributed by atoms with Gasteiger partial charge in [-0.3, -0.25) is 9.69 Å². The molecule has 0 spiro atoms. The summed E-state index contributed by atoms with van der Waals surface area (Å²) in [6.45, 7) is 4.18. The summed E-state index contributed by atoms with van der Waals surface area (Å²) in [5.41, 5.74) is 2.65. The summed E-state index contributed by atoms with van der Waals surface area (Å²) in [7, 11) is 0. The van der Waals surface area contributed by atoms with Gasteiger partial charge < -0.3 is 14.4 Å². The molecule has 1 aromatic heterocycles. The number of thioether (sulfide) groups is 1. The molecule has 5 rings (SSSR count). The van der Waals surface area contributed by atoms with Crippen LogP contribution in [0.4, 0.5) is 4.39 Å². The number of rotatable bonds is 6. The molecule has 33 heavy (non-hydrogen) atoms. The van der Waals surface area contributed by atoms with Gasteiger partial charge in [-0.05, 0) is 54.1 Å². The van der Waals surface area contributed by atoms with Crippen molar-refractivity contribution in [2.24, 2.45) is 0 Å². The van der Waals surface area contributed by atoms with Crippen LogP contribution in [0.1, 0.15) is 5.56 Å². The zero-order valence-electron chi connectivity index (χ0n) is 17.9. The summed E-state index contributed by atoms with van der Waals surface area (Å²) < 4.78 is 23.9. The minimum atomic E-state index is -0.286. The molecule has 9 heteroatoms. The molecular weight excluding hydrogens is 443 g/mol. The van der Waals surface area contributed by atoms with Crippen LogP contribution >= 0.6 is 11.8 Å². The Bertz CT molecular complexity index is 1120. The van der Waals surface area contributed by atoms with E-state index < -0.39 is 0 Å². The first-order valence-corrected chi connectivity index (χ1v) is 11.7. The summed E-state index contributed by atoms with van der Waals surface area (Å²) in [4.78, 5) is 16.9. The fourth-order valence-corrected chi connectivity index (χ4v) is 4.57. The lowest BCUT2D eigenvalue weighted by molar-refractivity contribution is -0.130. The van der Waals surface area contributed by atoms with Crippen LogP contribution in [0.5, 0.6) is 11.5 Å². The monoisotopic (exact) mass is 466 g/mol. The van der Waals surface area contributed by atoms with Gasteiger partial charge in [-0.25, -0.2) is 4.39 Å². The van der Waals surface area contributed by atoms with Crippen LogP contribution in [-0.4, -0.2) is 64.6 Å². The van der Waals surface area contributed by atoms with Crippen molar-refractivity contribution < 1.29 is 18.7 Å². The van der Waals surface area contributed by atoms with E-state index in [9.17, 15) is 9.18 Å². The van der Waals surface area contributed by atoms with Crippen molar-refractivity contribution in [2.75, 3.05) is 38.7 Å². The Labute approximate surface area is 195 Å². The fourth-order valence-electron chi connectivity index (χ4n) is 3.85. The van der Waals surface area contributed by atoms with Crippen molar-refractivity contribution in [1.29, 1.82) is 0 Å². The summed E-state index contributed by atoms with van der Waals surface area (Å²) in [5.74, 6) is 1.74. The molecule has 0 aliphatic carbocycles. The summed E-state index contributed by atoms with van der Waals surface area (Å²) in [6.07, 6.45) is 0. The minimum Gasteiger partial charge on any atom is -0.454 e. The number of amides is 1. The summed E-state index contributed by atoms with van der Waals surface area (Å²) in [6, 6.07) is 15.8. The number of hydrogen-bond acceptors (Lipinski definition) is 7. The van der Waals surface area contributed by atoms with Crippen LogP contribution in [-0.2, 0) is 11.3 Å². The lowest BCUT2D eigenvalue weighted by Gasteiger charge is -2.34. The van der Waals surface area contributed by atoms with Crippen molar-refractivity contribution in [2.45, 2.75) is 11.6 Å². The maximum absolute atomic E-state index is 13.1. The molecule has 1 amide bonds. The van der Waals surface area contributed by atoms with E-state index in [1.54, 1.807) is 12.1 Å². The highest BCUT2D eigenvalue weighted by Crippen LogP contribution is 2.33. The quantitative estimate of drug-likeness (QED) is 0.516. The lowest BCUT2D eigenvalue weighted by Crippen LogP contribution is -2.48. The largest absolute Gasteiger partial charge is 0.454 e. The van der Waals surface area contributed by atoms with E-state index in [4.69, 9.17) is 9.47 Å². The first-order valence-electron chi connectivity index (χ1n) is 10.8. The summed E-state index contributed by atoms with van der Waals surface area (Å²) >= 11 is 1.38. The van der Waals surface area contributed by atoms with Gasteiger partial charge in [0.15, 0.2) is 11.5 Å². The second-order valence-corrected chi connectivity index (χ2v) is 8.89. The highest BCUT2D eigenvalue weighted by Gasteiger charge is 2.22. The standard InChI is InChI=1S/C24H23FN4O3S/c25-19-4-2-18(3-5-19)20-6-8-23(27-26-20)33-15-24(30)29-11-9-28(10-12-29)14-17-1-7-21-22(13-17)32-16-31-21/h1-8,13H,9-12,14-16H2. The number of ether oxygens (including phenoxy) is 2. The van der Waals surface area contributed by atoms with Gasteiger partial charge in [-0.1, -0.05) is 17.8 Å². The number of carbonyl (C=O) groups is 1. The van der Waals surface area contributed by atoms with Crippen LogP contribution in [0.3, 0.4) is 0 Å². The van der Waals surface area contributed by atoms with Gasteiger partial charge in [-0.15, -0.1) is 10.2 Å². The molecule has 3 aromatic rings. The van der Waals surface area contributed by atoms with Crippen LogP contribution in [0.2, 0.25) is 0 Å². The smallest absolute Gasteiger partial charge is 0.233 e. The van der Waals surface area contributed by atoms with E-state index >= 15 is 0 Å². The third-order valence-electron chi connectivity index (χ3n) is 5.69. The Hall–Kier alpha value is -3.17. The third-order valence-corrected chi connectivity index (χ3v) is 6.60. The lowest BCUT2D eigenvalue weighted by atomic mass is 10.1. The van der Waals surface area contributed by atoms with Crippen molar-refractivity contribution >= 4 is 17.7 Å². The Morgan fingerprint density at radius 2 is 1.73 bits per heavy atom. The number of nitrogens with zero attached hydrogens (tertiary/aromatic N) is 4. The summed E-state index contributed by atoms with van der Waals surface area (Å²) in [5, 5.41) is 9.09. The van der Waals surface area contributed by atoms with Crippen molar-refractivity contribution in [1.82, 2.24) is 20.0 Å². The molecule has 0 bridgehead atoms. The predicted molar refractivity (Wildman–Crippen MR) is 123 cm³/mol. The van der Waals surface area contributed by atoms with Crippen LogP contribution in [0.25, 0.3) is 11.3 Å². The van der Waals surface area contributed by atoms with E-state index in [0.29, 0.717) is 29.6 Å². The van der Waals surface area contributed by atoms with Crippen LogP contribution < -0.4 is 9.47 Å². The van der Waals surface area contributed by atoms with E-state index in [1.807, 2.05) is 29.2 Å². The highest BCUT2D eigenvalue weighted by molar-refractivity contribution is 7.99. The van der Waals surface area contributed by atoms with Gasteiger partial charge in [0.1, 0.15) is 10.8 Å². The zero-order chi connectivity index (χ0) is 22.6. The Morgan fingerprint density at radius 3 is 2.48 bits per heavy atom. The first kappa shape index (κ1) is 21.7. The molecule has 0 unspecified atom stereocenters. The molecule has 0 radical (unpaired) electrons. The SMILES string of the molecule is O=C(CSc1ccc(-c2ccc(F)cc2)nn1)N1CCN(Cc2ccc3c(c2)OCO3)CC1. The molecule has 0 N–H and O–H groups in total.